The summed E-state index contributed by atoms with van der Waals surface area (Å²) in [5, 5.41) is 22.1. The number of rotatable bonds is 8. The molecule has 28 heavy (non-hydrogen) atoms. The maximum atomic E-state index is 13.6. The number of thioether (sulfide) groups is 1. The zero-order chi connectivity index (χ0) is 20.1. The topological polar surface area (TPSA) is 87.6 Å². The van der Waals surface area contributed by atoms with E-state index in [9.17, 15) is 10.0 Å². The second kappa shape index (κ2) is 9.19. The summed E-state index contributed by atoms with van der Waals surface area (Å²) in [5.74, 6) is 0.956. The van der Waals surface area contributed by atoms with Crippen molar-refractivity contribution in [2.75, 3.05) is 32.6 Å². The molecule has 3 rings (SSSR count). The molecule has 152 valence electrons. The van der Waals surface area contributed by atoms with Crippen LogP contribution in [0.3, 0.4) is 0 Å². The Labute approximate surface area is 172 Å². The van der Waals surface area contributed by atoms with Crippen LogP contribution < -0.4 is 9.38 Å². The maximum Gasteiger partial charge on any atom is 0.342 e. The van der Waals surface area contributed by atoms with E-state index < -0.39 is 16.8 Å². The lowest BCUT2D eigenvalue weighted by Crippen LogP contribution is -2.50. The number of aromatic nitrogens is 2. The summed E-state index contributed by atoms with van der Waals surface area (Å²) in [6, 6.07) is 6.76. The van der Waals surface area contributed by atoms with Crippen molar-refractivity contribution in [2.45, 2.75) is 30.8 Å². The Morgan fingerprint density at radius 2 is 2.25 bits per heavy atom. The van der Waals surface area contributed by atoms with Gasteiger partial charge >= 0.3 is 11.1 Å². The number of benzene rings is 1. The Balaban J connectivity index is 1.77. The van der Waals surface area contributed by atoms with Crippen LogP contribution >= 0.6 is 23.1 Å². The van der Waals surface area contributed by atoms with Gasteiger partial charge in [0.25, 0.3) is 6.23 Å². The van der Waals surface area contributed by atoms with Crippen molar-refractivity contribution in [2.24, 2.45) is 0 Å². The van der Waals surface area contributed by atoms with Crippen LogP contribution in [-0.4, -0.2) is 59.9 Å². The number of hydroxylamine groups is 2. The first-order chi connectivity index (χ1) is 13.5. The Morgan fingerprint density at radius 3 is 3.00 bits per heavy atom. The molecule has 1 fully saturated rings. The lowest BCUT2D eigenvalue weighted by Gasteiger charge is -2.38. The molecule has 2 atom stereocenters. The standard InChI is InChI=1S/C18H24N4O4S2/c1-4-9-27-18-20-19-17(28-18)22(24)12-21(3)11-15(22)26-16(23)13-7-6-8-14(10-13)25-5-2/h6-8,10,15H,4-5,9,11-12H2,1-3H3. The third kappa shape index (κ3) is 4.64. The van der Waals surface area contributed by atoms with E-state index in [2.05, 4.69) is 17.1 Å². The van der Waals surface area contributed by atoms with Crippen LogP contribution in [0.5, 0.6) is 5.75 Å². The van der Waals surface area contributed by atoms with Gasteiger partial charge in [-0.25, -0.2) is 9.69 Å². The Kier molecular flexibility index (Phi) is 6.89. The van der Waals surface area contributed by atoms with Gasteiger partial charge in [0.15, 0.2) is 4.34 Å². The molecule has 10 heteroatoms. The number of quaternary nitrogens is 1. The number of hydrogen-bond donors (Lipinski definition) is 0. The van der Waals surface area contributed by atoms with Gasteiger partial charge in [0.1, 0.15) is 12.4 Å². The predicted octanol–water partition coefficient (Wildman–Crippen LogP) is 3.33. The zero-order valence-corrected chi connectivity index (χ0v) is 17.8. The monoisotopic (exact) mass is 424 g/mol. The predicted molar refractivity (Wildman–Crippen MR) is 110 cm³/mol. The van der Waals surface area contributed by atoms with Crippen molar-refractivity contribution in [3.63, 3.8) is 0 Å². The number of hydrogen-bond acceptors (Lipinski definition) is 9. The summed E-state index contributed by atoms with van der Waals surface area (Å²) < 4.78 is 11.0. The maximum absolute atomic E-state index is 13.6. The third-order valence-corrected chi connectivity index (χ3v) is 6.53. The fraction of sp³-hybridized carbons (Fsp3) is 0.500. The van der Waals surface area contributed by atoms with Crippen molar-refractivity contribution in [3.8, 4) is 5.75 Å². The highest BCUT2D eigenvalue weighted by molar-refractivity contribution is 8.01. The van der Waals surface area contributed by atoms with Crippen LogP contribution in [0.25, 0.3) is 0 Å². The van der Waals surface area contributed by atoms with E-state index in [0.717, 1.165) is 16.5 Å². The molecule has 2 heterocycles. The first kappa shape index (κ1) is 21.0. The van der Waals surface area contributed by atoms with Crippen LogP contribution in [0.4, 0.5) is 5.13 Å². The van der Waals surface area contributed by atoms with Crippen molar-refractivity contribution < 1.29 is 14.3 Å². The smallest absolute Gasteiger partial charge is 0.342 e. The Bertz CT molecular complexity index is 818. The van der Waals surface area contributed by atoms with Gasteiger partial charge in [0.2, 0.25) is 0 Å². The molecule has 2 unspecified atom stereocenters. The molecule has 1 saturated heterocycles. The first-order valence-corrected chi connectivity index (χ1v) is 10.9. The lowest BCUT2D eigenvalue weighted by atomic mass is 10.2. The summed E-state index contributed by atoms with van der Waals surface area (Å²) >= 11 is 2.85. The molecule has 0 spiro atoms. The van der Waals surface area contributed by atoms with Crippen molar-refractivity contribution in [1.29, 1.82) is 0 Å². The number of likely N-dealkylation sites (N-methyl/N-ethyl adjacent to an activating group) is 1. The molecule has 2 aromatic rings. The molecular weight excluding hydrogens is 400 g/mol. The van der Waals surface area contributed by atoms with Gasteiger partial charge in [-0.15, -0.1) is 5.10 Å². The molecule has 8 nitrogen and oxygen atoms in total. The van der Waals surface area contributed by atoms with Gasteiger partial charge in [-0.2, -0.15) is 0 Å². The highest BCUT2D eigenvalue weighted by Gasteiger charge is 2.45. The minimum Gasteiger partial charge on any atom is -0.622 e. The SMILES string of the molecule is CCCSc1nnc([N+]2([O-])CN(C)CC2OC(=O)c2cccc(OCC)c2)s1. The molecule has 1 aromatic heterocycles. The molecule has 0 amide bonds. The van der Waals surface area contributed by atoms with Crippen molar-refractivity contribution >= 4 is 34.2 Å². The number of carbonyl (C=O) groups is 1. The van der Waals surface area contributed by atoms with Gasteiger partial charge in [-0.05, 0) is 49.9 Å². The van der Waals surface area contributed by atoms with E-state index in [1.165, 1.54) is 11.3 Å². The van der Waals surface area contributed by atoms with E-state index in [1.54, 1.807) is 36.0 Å². The fourth-order valence-electron chi connectivity index (χ4n) is 2.89. The molecular formula is C18H24N4O4S2. The highest BCUT2D eigenvalue weighted by atomic mass is 32.2. The normalized spacial score (nSPS) is 22.4. The van der Waals surface area contributed by atoms with E-state index in [1.807, 2.05) is 18.9 Å². The second-order valence-corrected chi connectivity index (χ2v) is 8.79. The van der Waals surface area contributed by atoms with Crippen molar-refractivity contribution in [1.82, 2.24) is 19.7 Å². The summed E-state index contributed by atoms with van der Waals surface area (Å²) in [7, 11) is 1.82. The van der Waals surface area contributed by atoms with E-state index in [-0.39, 0.29) is 6.67 Å². The first-order valence-electron chi connectivity index (χ1n) is 9.14. The van der Waals surface area contributed by atoms with Crippen LogP contribution in [0, 0.1) is 5.21 Å². The minimum absolute atomic E-state index is 0.157. The van der Waals surface area contributed by atoms with E-state index in [4.69, 9.17) is 9.47 Å². The van der Waals surface area contributed by atoms with Crippen LogP contribution in [-0.2, 0) is 4.74 Å². The number of esters is 1. The Hall–Kier alpha value is -1.72. The lowest BCUT2D eigenvalue weighted by molar-refractivity contribution is 0.00555. The number of carbonyl (C=O) groups excluding carboxylic acids is 1. The molecule has 0 N–H and O–H groups in total. The van der Waals surface area contributed by atoms with Gasteiger partial charge in [-0.3, -0.25) is 4.65 Å². The summed E-state index contributed by atoms with van der Waals surface area (Å²) in [5.41, 5.74) is 0.350. The third-order valence-electron chi connectivity index (χ3n) is 4.16. The molecule has 0 saturated carbocycles. The molecule has 1 aromatic carbocycles. The van der Waals surface area contributed by atoms with Crippen molar-refractivity contribution in [3.05, 3.63) is 35.0 Å². The summed E-state index contributed by atoms with van der Waals surface area (Å²) in [6.07, 6.45) is 0.117. The molecule has 0 aliphatic carbocycles. The molecule has 0 radical (unpaired) electrons. The van der Waals surface area contributed by atoms with E-state index in [0.29, 0.717) is 29.6 Å². The van der Waals surface area contributed by atoms with Gasteiger partial charge < -0.3 is 14.7 Å². The quantitative estimate of drug-likeness (QED) is 0.276. The average molecular weight is 425 g/mol. The zero-order valence-electron chi connectivity index (χ0n) is 16.2. The second-order valence-electron chi connectivity index (χ2n) is 6.50. The van der Waals surface area contributed by atoms with Gasteiger partial charge in [0, 0.05) is 5.75 Å². The highest BCUT2D eigenvalue weighted by Crippen LogP contribution is 2.37. The van der Waals surface area contributed by atoms with Crippen LogP contribution in [0.1, 0.15) is 30.6 Å². The minimum atomic E-state index is -0.898. The fourth-order valence-corrected chi connectivity index (χ4v) is 4.72. The average Bonchev–Trinajstić information content (AvgIpc) is 3.26. The molecule has 0 bridgehead atoms. The number of ether oxygens (including phenoxy) is 2. The Morgan fingerprint density at radius 1 is 1.43 bits per heavy atom. The summed E-state index contributed by atoms with van der Waals surface area (Å²) in [6.45, 7) is 4.95. The van der Waals surface area contributed by atoms with Gasteiger partial charge in [0.05, 0.1) is 18.7 Å². The van der Waals surface area contributed by atoms with E-state index >= 15 is 0 Å². The largest absolute Gasteiger partial charge is 0.622 e. The summed E-state index contributed by atoms with van der Waals surface area (Å²) in [4.78, 5) is 14.5. The number of nitrogens with zero attached hydrogens (tertiary/aromatic N) is 4. The van der Waals surface area contributed by atoms with Crippen LogP contribution in [0.15, 0.2) is 28.6 Å². The van der Waals surface area contributed by atoms with Gasteiger partial charge in [-0.1, -0.05) is 29.9 Å². The van der Waals surface area contributed by atoms with Crippen LogP contribution in [0.2, 0.25) is 0 Å². The molecule has 1 aliphatic rings. The molecule has 1 aliphatic heterocycles.